The van der Waals surface area contributed by atoms with Crippen LogP contribution in [0, 0.1) is 11.8 Å². The zero-order valence-corrected chi connectivity index (χ0v) is 20.0. The fourth-order valence-corrected chi connectivity index (χ4v) is 6.03. The number of nitrogens with zero attached hydrogens (tertiary/aromatic N) is 1. The molecule has 2 saturated heterocycles. The summed E-state index contributed by atoms with van der Waals surface area (Å²) in [4.78, 5) is 56.0. The van der Waals surface area contributed by atoms with Gasteiger partial charge in [-0.1, -0.05) is 71.2 Å². The minimum absolute atomic E-state index is 0.160. The third kappa shape index (κ3) is 3.01. The third-order valence-electron chi connectivity index (χ3n) is 6.82. The van der Waals surface area contributed by atoms with Crippen LogP contribution < -0.4 is 4.90 Å². The van der Waals surface area contributed by atoms with E-state index in [9.17, 15) is 19.2 Å². The number of hydrogen-bond acceptors (Lipinski definition) is 5. The van der Waals surface area contributed by atoms with Crippen molar-refractivity contribution in [2.75, 3.05) is 4.90 Å². The second-order valence-corrected chi connectivity index (χ2v) is 9.98. The first-order valence-corrected chi connectivity index (χ1v) is 11.8. The molecule has 2 aliphatic heterocycles. The number of benzene rings is 3. The summed E-state index contributed by atoms with van der Waals surface area (Å²) >= 11 is 18.3. The van der Waals surface area contributed by atoms with Crippen molar-refractivity contribution in [3.63, 3.8) is 0 Å². The SMILES string of the molecule is O=C1[C@@H]2[C@@H](C(=O)N1c1cc(Cl)cc(Cl)c1)C1(O[C@H]2c2ccc(Cl)cc2)C(=O)c2ccccc2C1=O. The number of carbonyl (C=O) groups excluding carboxylic acids is 4. The molecule has 2 fully saturated rings. The number of imide groups is 1. The predicted molar refractivity (Wildman–Crippen MR) is 129 cm³/mol. The molecule has 3 aliphatic rings. The van der Waals surface area contributed by atoms with Gasteiger partial charge >= 0.3 is 0 Å². The first-order valence-electron chi connectivity index (χ1n) is 10.7. The zero-order chi connectivity index (χ0) is 24.6. The maximum atomic E-state index is 13.9. The highest BCUT2D eigenvalue weighted by atomic mass is 35.5. The molecule has 174 valence electrons. The van der Waals surface area contributed by atoms with Gasteiger partial charge < -0.3 is 4.74 Å². The maximum Gasteiger partial charge on any atom is 0.241 e. The van der Waals surface area contributed by atoms with Crippen LogP contribution in [-0.2, 0) is 14.3 Å². The number of carbonyl (C=O) groups is 4. The van der Waals surface area contributed by atoms with Crippen molar-refractivity contribution in [2.45, 2.75) is 11.7 Å². The van der Waals surface area contributed by atoms with Gasteiger partial charge in [0.2, 0.25) is 29.0 Å². The highest BCUT2D eigenvalue weighted by Crippen LogP contribution is 2.57. The monoisotopic (exact) mass is 525 g/mol. The van der Waals surface area contributed by atoms with E-state index >= 15 is 0 Å². The van der Waals surface area contributed by atoms with Gasteiger partial charge in [-0.05, 0) is 35.9 Å². The topological polar surface area (TPSA) is 80.8 Å². The van der Waals surface area contributed by atoms with Crippen LogP contribution in [0.3, 0.4) is 0 Å². The predicted octanol–water partition coefficient (Wildman–Crippen LogP) is 5.34. The summed E-state index contributed by atoms with van der Waals surface area (Å²) in [7, 11) is 0. The lowest BCUT2D eigenvalue weighted by molar-refractivity contribution is -0.127. The molecule has 6 rings (SSSR count). The van der Waals surface area contributed by atoms with Gasteiger partial charge in [0.05, 0.1) is 23.6 Å². The average molecular weight is 527 g/mol. The normalized spacial score (nSPS) is 24.4. The number of anilines is 1. The lowest BCUT2D eigenvalue weighted by Crippen LogP contribution is -2.51. The standard InChI is InChI=1S/C26H14Cl3NO5/c27-13-7-5-12(6-8-13)21-19-20(25(34)30(24(19)33)16-10-14(28)9-15(29)11-16)26(35-21)22(31)17-3-1-2-4-18(17)23(26)32/h1-11,19-21H/t19-,20+,21+/m1/s1. The smallest absolute Gasteiger partial charge is 0.241 e. The first-order chi connectivity index (χ1) is 16.7. The van der Waals surface area contributed by atoms with Crippen LogP contribution in [0.5, 0.6) is 0 Å². The highest BCUT2D eigenvalue weighted by molar-refractivity contribution is 6.38. The Labute approximate surface area is 214 Å². The molecule has 9 heteroatoms. The van der Waals surface area contributed by atoms with Crippen molar-refractivity contribution in [3.8, 4) is 0 Å². The van der Waals surface area contributed by atoms with Gasteiger partial charge in [-0.3, -0.25) is 19.2 Å². The van der Waals surface area contributed by atoms with E-state index in [2.05, 4.69) is 0 Å². The maximum absolute atomic E-state index is 13.9. The van der Waals surface area contributed by atoms with E-state index in [4.69, 9.17) is 39.5 Å². The quantitative estimate of drug-likeness (QED) is 0.333. The number of amides is 2. The number of ether oxygens (including phenoxy) is 1. The molecule has 0 unspecified atom stereocenters. The number of rotatable bonds is 2. The molecular weight excluding hydrogens is 513 g/mol. The van der Waals surface area contributed by atoms with E-state index in [0.29, 0.717) is 10.6 Å². The van der Waals surface area contributed by atoms with Gasteiger partial charge in [-0.15, -0.1) is 0 Å². The van der Waals surface area contributed by atoms with E-state index in [1.165, 1.54) is 30.3 Å². The van der Waals surface area contributed by atoms with Crippen molar-refractivity contribution in [2.24, 2.45) is 11.8 Å². The number of hydrogen-bond donors (Lipinski definition) is 0. The molecule has 0 N–H and O–H groups in total. The first kappa shape index (κ1) is 22.4. The van der Waals surface area contributed by atoms with Crippen molar-refractivity contribution in [1.82, 2.24) is 0 Å². The molecule has 0 aromatic heterocycles. The van der Waals surface area contributed by atoms with Crippen LogP contribution >= 0.6 is 34.8 Å². The van der Waals surface area contributed by atoms with Gasteiger partial charge in [-0.25, -0.2) is 4.90 Å². The van der Waals surface area contributed by atoms with E-state index in [1.54, 1.807) is 36.4 Å². The lowest BCUT2D eigenvalue weighted by atomic mass is 9.77. The van der Waals surface area contributed by atoms with Crippen LogP contribution in [0.15, 0.2) is 66.7 Å². The van der Waals surface area contributed by atoms with Gasteiger partial charge in [0.15, 0.2) is 0 Å². The molecule has 1 aliphatic carbocycles. The molecule has 3 atom stereocenters. The molecule has 0 bridgehead atoms. The van der Waals surface area contributed by atoms with E-state index < -0.39 is 46.9 Å². The summed E-state index contributed by atoms with van der Waals surface area (Å²) in [5, 5.41) is 0.916. The summed E-state index contributed by atoms with van der Waals surface area (Å²) in [5.74, 6) is -5.06. The molecule has 0 saturated carbocycles. The Balaban J connectivity index is 1.55. The Kier molecular flexibility index (Phi) is 4.96. The molecule has 1 spiro atoms. The summed E-state index contributed by atoms with van der Waals surface area (Å²) in [6, 6.07) is 17.2. The second kappa shape index (κ2) is 7.73. The van der Waals surface area contributed by atoms with Gasteiger partial charge in [-0.2, -0.15) is 0 Å². The van der Waals surface area contributed by atoms with Crippen LogP contribution in [0.2, 0.25) is 15.1 Å². The van der Waals surface area contributed by atoms with Crippen molar-refractivity contribution in [3.05, 3.63) is 98.5 Å². The second-order valence-electron chi connectivity index (χ2n) is 8.67. The Morgan fingerprint density at radius 1 is 0.714 bits per heavy atom. The van der Waals surface area contributed by atoms with Crippen LogP contribution in [0.25, 0.3) is 0 Å². The average Bonchev–Trinajstić information content (AvgIpc) is 3.39. The molecule has 3 aromatic carbocycles. The summed E-state index contributed by atoms with van der Waals surface area (Å²) in [5.41, 5.74) is -1.14. The van der Waals surface area contributed by atoms with Gasteiger partial charge in [0.1, 0.15) is 0 Å². The summed E-state index contributed by atoms with van der Waals surface area (Å²) in [6.07, 6.45) is -1.03. The number of halogens is 3. The third-order valence-corrected chi connectivity index (χ3v) is 7.51. The summed E-state index contributed by atoms with van der Waals surface area (Å²) in [6.45, 7) is 0. The Hall–Kier alpha value is -3.03. The fourth-order valence-electron chi connectivity index (χ4n) is 5.39. The van der Waals surface area contributed by atoms with Gasteiger partial charge in [0.25, 0.3) is 0 Å². The van der Waals surface area contributed by atoms with Crippen molar-refractivity contribution < 1.29 is 23.9 Å². The number of ketones is 2. The molecule has 2 amide bonds. The molecule has 6 nitrogen and oxygen atoms in total. The van der Waals surface area contributed by atoms with E-state index in [0.717, 1.165) is 4.90 Å². The Morgan fingerprint density at radius 2 is 1.29 bits per heavy atom. The minimum atomic E-state index is -2.15. The summed E-state index contributed by atoms with van der Waals surface area (Å²) < 4.78 is 6.22. The highest BCUT2D eigenvalue weighted by Gasteiger charge is 2.74. The number of fused-ring (bicyclic) bond motifs is 3. The van der Waals surface area contributed by atoms with Crippen LogP contribution in [0.4, 0.5) is 5.69 Å². The van der Waals surface area contributed by atoms with Crippen molar-refractivity contribution >= 4 is 63.9 Å². The molecule has 0 radical (unpaired) electrons. The Morgan fingerprint density at radius 3 is 1.86 bits per heavy atom. The Bertz CT molecular complexity index is 1410. The van der Waals surface area contributed by atoms with E-state index in [1.807, 2.05) is 0 Å². The lowest BCUT2D eigenvalue weighted by Gasteiger charge is -2.27. The zero-order valence-electron chi connectivity index (χ0n) is 17.7. The fraction of sp³-hybridized carbons (Fsp3) is 0.154. The van der Waals surface area contributed by atoms with Crippen LogP contribution in [0.1, 0.15) is 32.4 Å². The molecule has 2 heterocycles. The minimum Gasteiger partial charge on any atom is -0.349 e. The largest absolute Gasteiger partial charge is 0.349 e. The molecule has 35 heavy (non-hydrogen) atoms. The number of Topliss-reactive ketones (excluding diaryl/α,β-unsaturated/α-hetero) is 2. The van der Waals surface area contributed by atoms with E-state index in [-0.39, 0.29) is 26.9 Å². The molecular formula is C26H14Cl3NO5. The van der Waals surface area contributed by atoms with Crippen LogP contribution in [-0.4, -0.2) is 29.0 Å². The van der Waals surface area contributed by atoms with Crippen molar-refractivity contribution in [1.29, 1.82) is 0 Å². The van der Waals surface area contributed by atoms with Gasteiger partial charge in [0, 0.05) is 26.2 Å². The molecule has 3 aromatic rings.